The van der Waals surface area contributed by atoms with Crippen molar-refractivity contribution in [1.82, 2.24) is 0 Å². The Morgan fingerprint density at radius 3 is 2.57 bits per heavy atom. The van der Waals surface area contributed by atoms with E-state index < -0.39 is 0 Å². The smallest absolute Gasteiger partial charge is 0.265 e. The van der Waals surface area contributed by atoms with Gasteiger partial charge < -0.3 is 10.1 Å². The first-order chi connectivity index (χ1) is 13.6. The molecule has 0 aliphatic heterocycles. The SMILES string of the molecule is Cc1ccc(NC(=O)c2cc(COc3ccc4ccccc4c3)cs2)cc1C. The summed E-state index contributed by atoms with van der Waals surface area (Å²) in [4.78, 5) is 13.2. The van der Waals surface area contributed by atoms with E-state index in [2.05, 4.69) is 30.4 Å². The quantitative estimate of drug-likeness (QED) is 0.433. The number of thiophene rings is 1. The van der Waals surface area contributed by atoms with Gasteiger partial charge in [0.2, 0.25) is 0 Å². The van der Waals surface area contributed by atoms with Crippen molar-refractivity contribution >= 4 is 33.7 Å². The van der Waals surface area contributed by atoms with Crippen LogP contribution in [0.4, 0.5) is 5.69 Å². The van der Waals surface area contributed by atoms with Gasteiger partial charge in [0.05, 0.1) is 4.88 Å². The van der Waals surface area contributed by atoms with Crippen LogP contribution in [0.5, 0.6) is 5.75 Å². The van der Waals surface area contributed by atoms with Gasteiger partial charge in [-0.1, -0.05) is 36.4 Å². The lowest BCUT2D eigenvalue weighted by Crippen LogP contribution is -2.10. The van der Waals surface area contributed by atoms with E-state index in [1.807, 2.05) is 60.8 Å². The van der Waals surface area contributed by atoms with Gasteiger partial charge in [0.15, 0.2) is 0 Å². The number of anilines is 1. The zero-order valence-electron chi connectivity index (χ0n) is 15.9. The molecule has 1 heterocycles. The number of carbonyl (C=O) groups is 1. The highest BCUT2D eigenvalue weighted by molar-refractivity contribution is 7.12. The topological polar surface area (TPSA) is 38.3 Å². The van der Waals surface area contributed by atoms with E-state index >= 15 is 0 Å². The molecule has 0 radical (unpaired) electrons. The van der Waals surface area contributed by atoms with Crippen molar-refractivity contribution in [1.29, 1.82) is 0 Å². The van der Waals surface area contributed by atoms with Gasteiger partial charge >= 0.3 is 0 Å². The minimum absolute atomic E-state index is 0.0924. The van der Waals surface area contributed by atoms with Crippen molar-refractivity contribution in [2.24, 2.45) is 0 Å². The molecule has 0 aliphatic carbocycles. The fourth-order valence-electron chi connectivity index (χ4n) is 3.01. The molecule has 4 rings (SSSR count). The molecule has 1 amide bonds. The van der Waals surface area contributed by atoms with Gasteiger partial charge in [-0.3, -0.25) is 4.79 Å². The number of nitrogens with one attached hydrogen (secondary N) is 1. The number of fused-ring (bicyclic) bond motifs is 1. The van der Waals surface area contributed by atoms with Crippen molar-refractivity contribution in [3.63, 3.8) is 0 Å². The number of hydrogen-bond acceptors (Lipinski definition) is 3. The molecule has 4 heteroatoms. The Labute approximate surface area is 168 Å². The van der Waals surface area contributed by atoms with E-state index in [0.29, 0.717) is 11.5 Å². The summed E-state index contributed by atoms with van der Waals surface area (Å²) >= 11 is 1.43. The monoisotopic (exact) mass is 387 g/mol. The fraction of sp³-hybridized carbons (Fsp3) is 0.125. The van der Waals surface area contributed by atoms with Gasteiger partial charge in [0.1, 0.15) is 12.4 Å². The third kappa shape index (κ3) is 4.07. The molecule has 4 aromatic rings. The van der Waals surface area contributed by atoms with Crippen LogP contribution in [0.25, 0.3) is 10.8 Å². The molecule has 28 heavy (non-hydrogen) atoms. The number of rotatable bonds is 5. The zero-order chi connectivity index (χ0) is 19.5. The zero-order valence-corrected chi connectivity index (χ0v) is 16.7. The van der Waals surface area contributed by atoms with Crippen LogP contribution in [0.2, 0.25) is 0 Å². The normalized spacial score (nSPS) is 10.8. The number of aryl methyl sites for hydroxylation is 2. The van der Waals surface area contributed by atoms with E-state index in [1.165, 1.54) is 22.3 Å². The van der Waals surface area contributed by atoms with Crippen LogP contribution in [0.15, 0.2) is 72.1 Å². The molecular formula is C24H21NO2S. The standard InChI is InChI=1S/C24H21NO2S/c1-16-7-9-21(11-17(16)2)25-24(26)23-12-18(15-28-23)14-27-22-10-8-19-5-3-4-6-20(19)13-22/h3-13,15H,14H2,1-2H3,(H,25,26). The molecule has 1 N–H and O–H groups in total. The molecular weight excluding hydrogens is 366 g/mol. The van der Waals surface area contributed by atoms with E-state index in [0.717, 1.165) is 28.0 Å². The molecule has 0 saturated carbocycles. The summed E-state index contributed by atoms with van der Waals surface area (Å²) in [6.45, 7) is 4.53. The highest BCUT2D eigenvalue weighted by Gasteiger charge is 2.10. The molecule has 0 saturated heterocycles. The van der Waals surface area contributed by atoms with Crippen molar-refractivity contribution in [2.45, 2.75) is 20.5 Å². The second-order valence-corrected chi connectivity index (χ2v) is 7.78. The molecule has 140 valence electrons. The molecule has 0 aliphatic rings. The van der Waals surface area contributed by atoms with Crippen LogP contribution < -0.4 is 10.1 Å². The van der Waals surface area contributed by atoms with E-state index in [4.69, 9.17) is 4.74 Å². The predicted molar refractivity (Wildman–Crippen MR) is 116 cm³/mol. The van der Waals surface area contributed by atoms with Crippen molar-refractivity contribution in [3.05, 3.63) is 93.7 Å². The lowest BCUT2D eigenvalue weighted by Gasteiger charge is -2.07. The van der Waals surface area contributed by atoms with Crippen LogP contribution in [-0.2, 0) is 6.61 Å². The van der Waals surface area contributed by atoms with E-state index in [-0.39, 0.29) is 5.91 Å². The Kier molecular flexibility index (Phi) is 5.13. The molecule has 0 atom stereocenters. The molecule has 3 nitrogen and oxygen atoms in total. The minimum atomic E-state index is -0.0924. The Morgan fingerprint density at radius 1 is 0.929 bits per heavy atom. The summed E-state index contributed by atoms with van der Waals surface area (Å²) in [5.74, 6) is 0.733. The van der Waals surface area contributed by atoms with Gasteiger partial charge in [0, 0.05) is 11.3 Å². The fourth-order valence-corrected chi connectivity index (χ4v) is 3.80. The Hall–Kier alpha value is -3.11. The van der Waals surface area contributed by atoms with Crippen LogP contribution in [0.3, 0.4) is 0 Å². The highest BCUT2D eigenvalue weighted by Crippen LogP contribution is 2.23. The van der Waals surface area contributed by atoms with Crippen LogP contribution in [-0.4, -0.2) is 5.91 Å². The van der Waals surface area contributed by atoms with E-state index in [9.17, 15) is 4.79 Å². The number of carbonyl (C=O) groups excluding carboxylic acids is 1. The van der Waals surface area contributed by atoms with Gasteiger partial charge in [-0.15, -0.1) is 11.3 Å². The molecule has 0 fully saturated rings. The summed E-state index contributed by atoms with van der Waals surface area (Å²) in [5.41, 5.74) is 4.18. The first-order valence-corrected chi connectivity index (χ1v) is 10.0. The third-order valence-corrected chi connectivity index (χ3v) is 5.75. The maximum absolute atomic E-state index is 12.5. The minimum Gasteiger partial charge on any atom is -0.489 e. The van der Waals surface area contributed by atoms with Crippen molar-refractivity contribution in [3.8, 4) is 5.75 Å². The largest absolute Gasteiger partial charge is 0.489 e. The number of ether oxygens (including phenoxy) is 1. The Balaban J connectivity index is 1.40. The van der Waals surface area contributed by atoms with Crippen LogP contribution in [0, 0.1) is 13.8 Å². The summed E-state index contributed by atoms with van der Waals surface area (Å²) in [6, 6.07) is 22.1. The number of hydrogen-bond donors (Lipinski definition) is 1. The average molecular weight is 388 g/mol. The maximum atomic E-state index is 12.5. The number of benzene rings is 3. The van der Waals surface area contributed by atoms with Gasteiger partial charge in [-0.25, -0.2) is 0 Å². The summed E-state index contributed by atoms with van der Waals surface area (Å²) in [7, 11) is 0. The lowest BCUT2D eigenvalue weighted by atomic mass is 10.1. The second kappa shape index (κ2) is 7.87. The molecule has 0 unspecified atom stereocenters. The summed E-state index contributed by atoms with van der Waals surface area (Å²) < 4.78 is 5.92. The molecule has 3 aromatic carbocycles. The van der Waals surface area contributed by atoms with Gasteiger partial charge in [0.25, 0.3) is 5.91 Å². The van der Waals surface area contributed by atoms with Crippen molar-refractivity contribution < 1.29 is 9.53 Å². The Morgan fingerprint density at radius 2 is 1.75 bits per heavy atom. The van der Waals surface area contributed by atoms with Crippen LogP contribution >= 0.6 is 11.3 Å². The van der Waals surface area contributed by atoms with Crippen LogP contribution in [0.1, 0.15) is 26.4 Å². The summed E-state index contributed by atoms with van der Waals surface area (Å²) in [5, 5.41) is 7.27. The third-order valence-electron chi connectivity index (χ3n) is 4.77. The number of amides is 1. The first kappa shape index (κ1) is 18.3. The van der Waals surface area contributed by atoms with Gasteiger partial charge in [-0.05, 0) is 71.5 Å². The van der Waals surface area contributed by atoms with Crippen molar-refractivity contribution in [2.75, 3.05) is 5.32 Å². The lowest BCUT2D eigenvalue weighted by molar-refractivity contribution is 0.103. The summed E-state index contributed by atoms with van der Waals surface area (Å²) in [6.07, 6.45) is 0. The Bertz CT molecular complexity index is 1150. The second-order valence-electron chi connectivity index (χ2n) is 6.87. The molecule has 0 bridgehead atoms. The first-order valence-electron chi connectivity index (χ1n) is 9.16. The van der Waals surface area contributed by atoms with E-state index in [1.54, 1.807) is 0 Å². The predicted octanol–water partition coefficient (Wildman–Crippen LogP) is 6.35. The average Bonchev–Trinajstić information content (AvgIpc) is 3.18. The highest BCUT2D eigenvalue weighted by atomic mass is 32.1. The maximum Gasteiger partial charge on any atom is 0.265 e. The molecule has 0 spiro atoms. The molecule has 1 aromatic heterocycles. The van der Waals surface area contributed by atoms with Gasteiger partial charge in [-0.2, -0.15) is 0 Å².